The zero-order chi connectivity index (χ0) is 31.2. The van der Waals surface area contributed by atoms with Crippen LogP contribution in [0.5, 0.6) is 5.75 Å². The van der Waals surface area contributed by atoms with E-state index >= 15 is 0 Å². The molecule has 4 aromatic carbocycles. The molecule has 0 saturated carbocycles. The lowest BCUT2D eigenvalue weighted by Gasteiger charge is -2.27. The zero-order valence-corrected chi connectivity index (χ0v) is 25.6. The molecule has 45 heavy (non-hydrogen) atoms. The summed E-state index contributed by atoms with van der Waals surface area (Å²) < 4.78 is 5.59. The van der Waals surface area contributed by atoms with Gasteiger partial charge >= 0.3 is 6.03 Å². The van der Waals surface area contributed by atoms with Crippen LogP contribution in [0.1, 0.15) is 36.2 Å². The first-order valence-corrected chi connectivity index (χ1v) is 15.0. The Labute approximate surface area is 263 Å². The van der Waals surface area contributed by atoms with Crippen molar-refractivity contribution in [2.24, 2.45) is 0 Å². The van der Waals surface area contributed by atoms with Gasteiger partial charge in [-0.25, -0.2) is 4.79 Å². The first-order chi connectivity index (χ1) is 21.9. The Kier molecular flexibility index (Phi) is 8.51. The minimum Gasteiger partial charge on any atom is -0.495 e. The molecule has 2 heterocycles. The van der Waals surface area contributed by atoms with Gasteiger partial charge in [0.05, 0.1) is 29.9 Å². The maximum Gasteiger partial charge on any atom is 0.323 e. The molecule has 0 atom stereocenters. The third kappa shape index (κ3) is 6.53. The predicted octanol–water partition coefficient (Wildman–Crippen LogP) is 8.46. The number of rotatable bonds is 9. The molecule has 2 aromatic heterocycles. The summed E-state index contributed by atoms with van der Waals surface area (Å²) >= 11 is 0. The number of hydrogen-bond acceptors (Lipinski definition) is 5. The van der Waals surface area contributed by atoms with Crippen LogP contribution in [-0.2, 0) is 18.3 Å². The second-order valence-electron chi connectivity index (χ2n) is 11.5. The number of aromatic nitrogens is 3. The second kappa shape index (κ2) is 13.0. The summed E-state index contributed by atoms with van der Waals surface area (Å²) in [5.41, 5.74) is 7.13. The van der Waals surface area contributed by atoms with E-state index in [1.165, 1.54) is 11.1 Å². The minimum atomic E-state index is -0.362. The second-order valence-corrected chi connectivity index (χ2v) is 11.5. The molecular weight excluding hydrogens is 558 g/mol. The maximum absolute atomic E-state index is 13.4. The Morgan fingerprint density at radius 2 is 1.44 bits per heavy atom. The first kappa shape index (κ1) is 29.5. The Morgan fingerprint density at radius 3 is 2.18 bits per heavy atom. The van der Waals surface area contributed by atoms with Crippen LogP contribution < -0.4 is 15.4 Å². The van der Waals surface area contributed by atoms with Gasteiger partial charge in [0.15, 0.2) is 0 Å². The molecule has 0 aliphatic carbocycles. The highest BCUT2D eigenvalue weighted by Gasteiger charge is 2.24. The minimum absolute atomic E-state index is 0.271. The van der Waals surface area contributed by atoms with Crippen molar-refractivity contribution in [1.29, 1.82) is 0 Å². The molecular formula is C38H35N5O2. The highest BCUT2D eigenvalue weighted by atomic mass is 16.5. The number of urea groups is 1. The molecule has 7 heteroatoms. The van der Waals surface area contributed by atoms with Gasteiger partial charge < -0.3 is 15.4 Å². The van der Waals surface area contributed by atoms with E-state index in [9.17, 15) is 4.79 Å². The van der Waals surface area contributed by atoms with Crippen molar-refractivity contribution in [1.82, 2.24) is 15.2 Å². The molecule has 6 rings (SSSR count). The number of carbonyl (C=O) groups is 1. The van der Waals surface area contributed by atoms with E-state index in [-0.39, 0.29) is 11.4 Å². The summed E-state index contributed by atoms with van der Waals surface area (Å²) in [6, 6.07) is 35.8. The van der Waals surface area contributed by atoms with Crippen molar-refractivity contribution >= 4 is 28.2 Å². The molecule has 0 fully saturated rings. The maximum atomic E-state index is 13.4. The summed E-state index contributed by atoms with van der Waals surface area (Å²) in [6.07, 6.45) is 5.29. The summed E-state index contributed by atoms with van der Waals surface area (Å²) in [6.45, 7) is 4.34. The summed E-state index contributed by atoms with van der Waals surface area (Å²) in [7, 11) is 1.60. The third-order valence-corrected chi connectivity index (χ3v) is 8.25. The van der Waals surface area contributed by atoms with Gasteiger partial charge in [0.25, 0.3) is 0 Å². The van der Waals surface area contributed by atoms with Crippen LogP contribution >= 0.6 is 0 Å². The highest BCUT2D eigenvalue weighted by molar-refractivity contribution is 6.09. The Bertz CT molecular complexity index is 1920. The number of anilines is 2. The standard InChI is InChI=1S/C38H35N5O2/c1-38(2,27-9-5-4-6-10-27)28-14-20-36(45-3)35(25-28)41-37(44)40-33-19-17-32(30-11-7-8-12-31(30)33)34-18-16-29(42-43-34)15-13-26-21-23-39-24-22-26/h4-12,14,16-25H,13,15H2,1-3H3,(H2,40,41,44). The largest absolute Gasteiger partial charge is 0.495 e. The molecule has 0 bridgehead atoms. The smallest absolute Gasteiger partial charge is 0.323 e. The molecule has 2 N–H and O–H groups in total. The monoisotopic (exact) mass is 593 g/mol. The molecule has 0 saturated heterocycles. The fraction of sp³-hybridized carbons (Fsp3) is 0.158. The normalized spacial score (nSPS) is 11.3. The van der Waals surface area contributed by atoms with Crippen molar-refractivity contribution in [2.75, 3.05) is 17.7 Å². The van der Waals surface area contributed by atoms with Gasteiger partial charge in [-0.3, -0.25) is 4.98 Å². The van der Waals surface area contributed by atoms with Crippen LogP contribution in [0.3, 0.4) is 0 Å². The fourth-order valence-electron chi connectivity index (χ4n) is 5.58. The molecule has 2 amide bonds. The zero-order valence-electron chi connectivity index (χ0n) is 25.6. The van der Waals surface area contributed by atoms with Crippen LogP contribution in [0.25, 0.3) is 22.0 Å². The lowest BCUT2D eigenvalue weighted by atomic mass is 9.78. The average Bonchev–Trinajstić information content (AvgIpc) is 3.08. The van der Waals surface area contributed by atoms with E-state index in [0.717, 1.165) is 46.1 Å². The Hall–Kier alpha value is -5.56. The number of hydrogen-bond donors (Lipinski definition) is 2. The van der Waals surface area contributed by atoms with Crippen molar-refractivity contribution < 1.29 is 9.53 Å². The highest BCUT2D eigenvalue weighted by Crippen LogP contribution is 2.37. The quantitative estimate of drug-likeness (QED) is 0.176. The molecule has 224 valence electrons. The van der Waals surface area contributed by atoms with Crippen LogP contribution in [0.15, 0.2) is 122 Å². The van der Waals surface area contributed by atoms with Crippen LogP contribution in [-0.4, -0.2) is 28.3 Å². The summed E-state index contributed by atoms with van der Waals surface area (Å²) in [4.78, 5) is 17.5. The lowest BCUT2D eigenvalue weighted by Crippen LogP contribution is -2.22. The molecule has 6 aromatic rings. The third-order valence-electron chi connectivity index (χ3n) is 8.25. The molecule has 0 aliphatic rings. The van der Waals surface area contributed by atoms with Gasteiger partial charge in [-0.15, -0.1) is 0 Å². The number of benzene rings is 4. The van der Waals surface area contributed by atoms with Crippen LogP contribution in [0.4, 0.5) is 16.2 Å². The van der Waals surface area contributed by atoms with E-state index in [1.807, 2.05) is 97.1 Å². The number of carbonyl (C=O) groups excluding carboxylic acids is 1. The summed E-state index contributed by atoms with van der Waals surface area (Å²) in [5.74, 6) is 0.584. The first-order valence-electron chi connectivity index (χ1n) is 15.0. The lowest BCUT2D eigenvalue weighted by molar-refractivity contribution is 0.262. The Morgan fingerprint density at radius 1 is 0.711 bits per heavy atom. The number of nitrogens with one attached hydrogen (secondary N) is 2. The molecule has 0 spiro atoms. The topological polar surface area (TPSA) is 89.0 Å². The van der Waals surface area contributed by atoms with Gasteiger partial charge in [-0.1, -0.05) is 80.6 Å². The van der Waals surface area contributed by atoms with Crippen molar-refractivity contribution in [3.05, 3.63) is 144 Å². The van der Waals surface area contributed by atoms with E-state index in [0.29, 0.717) is 17.1 Å². The fourth-order valence-corrected chi connectivity index (χ4v) is 5.58. The van der Waals surface area contributed by atoms with Gasteiger partial charge in [0, 0.05) is 28.8 Å². The predicted molar refractivity (Wildman–Crippen MR) is 181 cm³/mol. The molecule has 7 nitrogen and oxygen atoms in total. The van der Waals surface area contributed by atoms with Crippen molar-refractivity contribution in [3.63, 3.8) is 0 Å². The Balaban J connectivity index is 1.21. The number of methoxy groups -OCH3 is 1. The molecule has 0 aliphatic heterocycles. The average molecular weight is 594 g/mol. The number of amides is 2. The summed E-state index contributed by atoms with van der Waals surface area (Å²) in [5, 5.41) is 17.0. The van der Waals surface area contributed by atoms with E-state index < -0.39 is 0 Å². The number of pyridine rings is 1. The van der Waals surface area contributed by atoms with Crippen LogP contribution in [0.2, 0.25) is 0 Å². The van der Waals surface area contributed by atoms with Crippen molar-refractivity contribution in [2.45, 2.75) is 32.1 Å². The van der Waals surface area contributed by atoms with Crippen LogP contribution in [0, 0.1) is 0 Å². The number of ether oxygens (including phenoxy) is 1. The molecule has 0 unspecified atom stereocenters. The number of nitrogens with zero attached hydrogens (tertiary/aromatic N) is 3. The van der Waals surface area contributed by atoms with E-state index in [2.05, 4.69) is 51.8 Å². The SMILES string of the molecule is COc1ccc(C(C)(C)c2ccccc2)cc1NC(=O)Nc1ccc(-c2ccc(CCc3ccncc3)nn2)c2ccccc12. The van der Waals surface area contributed by atoms with Crippen molar-refractivity contribution in [3.8, 4) is 17.0 Å². The van der Waals surface area contributed by atoms with Gasteiger partial charge in [0.1, 0.15) is 5.75 Å². The molecule has 0 radical (unpaired) electrons. The number of aryl methyl sites for hydroxylation is 2. The van der Waals surface area contributed by atoms with E-state index in [1.54, 1.807) is 19.5 Å². The van der Waals surface area contributed by atoms with Gasteiger partial charge in [-0.2, -0.15) is 10.2 Å². The van der Waals surface area contributed by atoms with Gasteiger partial charge in [0.2, 0.25) is 0 Å². The van der Waals surface area contributed by atoms with E-state index in [4.69, 9.17) is 4.74 Å². The van der Waals surface area contributed by atoms with Gasteiger partial charge in [-0.05, 0) is 77.4 Å². The number of fused-ring (bicyclic) bond motifs is 1.